The van der Waals surface area contributed by atoms with Gasteiger partial charge in [0.15, 0.2) is 5.65 Å². The van der Waals surface area contributed by atoms with Crippen molar-refractivity contribution in [3.8, 4) is 11.1 Å². The molecule has 1 saturated heterocycles. The van der Waals surface area contributed by atoms with Gasteiger partial charge in [-0.05, 0) is 34.2 Å². The van der Waals surface area contributed by atoms with Crippen LogP contribution < -0.4 is 4.90 Å². The summed E-state index contributed by atoms with van der Waals surface area (Å²) in [6, 6.07) is 18.6. The minimum atomic E-state index is 0.826. The Morgan fingerprint density at radius 2 is 1.68 bits per heavy atom. The Hall–Kier alpha value is -3.32. The molecule has 140 valence electrons. The molecule has 0 N–H and O–H groups in total. The molecule has 1 aliphatic rings. The first kappa shape index (κ1) is 16.8. The molecule has 0 spiro atoms. The molecule has 1 fully saturated rings. The number of benzene rings is 1. The zero-order valence-electron chi connectivity index (χ0n) is 15.5. The van der Waals surface area contributed by atoms with Gasteiger partial charge in [-0.3, -0.25) is 4.90 Å². The highest BCUT2D eigenvalue weighted by atomic mass is 15.5. The van der Waals surface area contributed by atoms with E-state index in [0.29, 0.717) is 0 Å². The molecule has 0 saturated carbocycles. The topological polar surface area (TPSA) is 62.5 Å². The third-order valence-electron chi connectivity index (χ3n) is 5.22. The van der Waals surface area contributed by atoms with Crippen molar-refractivity contribution >= 4 is 11.5 Å². The van der Waals surface area contributed by atoms with E-state index in [2.05, 4.69) is 66.7 Å². The molecule has 0 aliphatic carbocycles. The van der Waals surface area contributed by atoms with Crippen LogP contribution in [0.5, 0.6) is 0 Å². The summed E-state index contributed by atoms with van der Waals surface area (Å²) >= 11 is 0. The maximum absolute atomic E-state index is 4.47. The zero-order chi connectivity index (χ0) is 18.8. The summed E-state index contributed by atoms with van der Waals surface area (Å²) in [4.78, 5) is 9.26. The fraction of sp³-hybridized carbons (Fsp3) is 0.238. The van der Waals surface area contributed by atoms with Crippen molar-refractivity contribution in [3.63, 3.8) is 0 Å². The summed E-state index contributed by atoms with van der Waals surface area (Å²) in [6.07, 6.45) is 3.85. The molecule has 4 aromatic rings. The largest absolute Gasteiger partial charge is 0.354 e. The molecule has 7 nitrogen and oxygen atoms in total. The van der Waals surface area contributed by atoms with Crippen LogP contribution in [0.25, 0.3) is 16.8 Å². The number of piperazine rings is 1. The lowest BCUT2D eigenvalue weighted by Gasteiger charge is -2.35. The predicted octanol–water partition coefficient (Wildman–Crippen LogP) is 2.51. The highest BCUT2D eigenvalue weighted by Gasteiger charge is 2.19. The second-order valence-corrected chi connectivity index (χ2v) is 7.02. The number of rotatable bonds is 4. The van der Waals surface area contributed by atoms with Crippen molar-refractivity contribution in [3.05, 3.63) is 72.6 Å². The molecule has 1 aliphatic heterocycles. The summed E-state index contributed by atoms with van der Waals surface area (Å²) < 4.78 is 1.78. The van der Waals surface area contributed by atoms with Crippen LogP contribution in [0.4, 0.5) is 5.82 Å². The maximum atomic E-state index is 4.47. The third-order valence-corrected chi connectivity index (χ3v) is 5.22. The molecular weight excluding hydrogens is 350 g/mol. The van der Waals surface area contributed by atoms with Crippen LogP contribution in [0.3, 0.4) is 0 Å². The first-order chi connectivity index (χ1) is 13.9. The van der Waals surface area contributed by atoms with E-state index in [0.717, 1.165) is 55.3 Å². The lowest BCUT2D eigenvalue weighted by atomic mass is 10.1. The average Bonchev–Trinajstić information content (AvgIpc) is 3.25. The van der Waals surface area contributed by atoms with Crippen LogP contribution in [0.1, 0.15) is 5.56 Å². The van der Waals surface area contributed by atoms with E-state index in [1.807, 2.05) is 30.6 Å². The Morgan fingerprint density at radius 1 is 0.857 bits per heavy atom. The van der Waals surface area contributed by atoms with Crippen LogP contribution >= 0.6 is 0 Å². The van der Waals surface area contributed by atoms with Crippen molar-refractivity contribution < 1.29 is 0 Å². The normalized spacial score (nSPS) is 15.2. The Morgan fingerprint density at radius 3 is 2.46 bits per heavy atom. The van der Waals surface area contributed by atoms with E-state index in [-0.39, 0.29) is 0 Å². The smallest absolute Gasteiger partial charge is 0.183 e. The van der Waals surface area contributed by atoms with Crippen molar-refractivity contribution in [1.82, 2.24) is 29.9 Å². The van der Waals surface area contributed by atoms with Gasteiger partial charge in [0, 0.05) is 56.2 Å². The van der Waals surface area contributed by atoms with Gasteiger partial charge < -0.3 is 4.90 Å². The Kier molecular flexibility index (Phi) is 4.42. The standard InChI is InChI=1S/C21H21N7/c1-2-6-17(7-3-1)18-14-19(21-23-24-25-28(21)16-18)15-26-10-12-27(13-11-26)20-8-4-5-9-22-20/h1-9,14,16H,10-13,15H2. The molecule has 0 bridgehead atoms. The minimum absolute atomic E-state index is 0.826. The lowest BCUT2D eigenvalue weighted by Crippen LogP contribution is -2.46. The summed E-state index contributed by atoms with van der Waals surface area (Å²) in [6.45, 7) is 4.74. The van der Waals surface area contributed by atoms with Gasteiger partial charge in [-0.1, -0.05) is 36.4 Å². The fourth-order valence-electron chi connectivity index (χ4n) is 3.73. The minimum Gasteiger partial charge on any atom is -0.354 e. The number of nitrogens with zero attached hydrogens (tertiary/aromatic N) is 7. The quantitative estimate of drug-likeness (QED) is 0.549. The number of aromatic nitrogens is 5. The Bertz CT molecular complexity index is 1050. The van der Waals surface area contributed by atoms with Gasteiger partial charge in [0.05, 0.1) is 0 Å². The molecule has 4 heterocycles. The molecule has 28 heavy (non-hydrogen) atoms. The van der Waals surface area contributed by atoms with E-state index in [4.69, 9.17) is 0 Å². The molecule has 1 aromatic carbocycles. The van der Waals surface area contributed by atoms with Gasteiger partial charge in [0.2, 0.25) is 0 Å². The van der Waals surface area contributed by atoms with Gasteiger partial charge in [-0.15, -0.1) is 5.10 Å². The zero-order valence-corrected chi connectivity index (χ0v) is 15.5. The van der Waals surface area contributed by atoms with E-state index >= 15 is 0 Å². The summed E-state index contributed by atoms with van der Waals surface area (Å²) in [7, 11) is 0. The van der Waals surface area contributed by atoms with Crippen LogP contribution in [0.15, 0.2) is 67.0 Å². The van der Waals surface area contributed by atoms with Crippen LogP contribution in [-0.2, 0) is 6.54 Å². The fourth-order valence-corrected chi connectivity index (χ4v) is 3.73. The molecule has 3 aromatic heterocycles. The molecule has 7 heteroatoms. The molecule has 5 rings (SSSR count). The SMILES string of the molecule is c1ccc(-c2cc(CN3CCN(c4ccccn4)CC3)c3nnnn3c2)cc1. The van der Waals surface area contributed by atoms with E-state index in [9.17, 15) is 0 Å². The van der Waals surface area contributed by atoms with Crippen LogP contribution in [-0.4, -0.2) is 56.1 Å². The van der Waals surface area contributed by atoms with Crippen molar-refractivity contribution in [2.45, 2.75) is 6.54 Å². The van der Waals surface area contributed by atoms with Gasteiger partial charge in [-0.2, -0.15) is 4.52 Å². The monoisotopic (exact) mass is 371 g/mol. The Labute approximate surface area is 163 Å². The summed E-state index contributed by atoms with van der Waals surface area (Å²) in [5, 5.41) is 12.2. The first-order valence-corrected chi connectivity index (χ1v) is 9.51. The second-order valence-electron chi connectivity index (χ2n) is 7.02. The lowest BCUT2D eigenvalue weighted by molar-refractivity contribution is 0.250. The van der Waals surface area contributed by atoms with Crippen LogP contribution in [0.2, 0.25) is 0 Å². The van der Waals surface area contributed by atoms with Gasteiger partial charge in [-0.25, -0.2) is 4.98 Å². The highest BCUT2D eigenvalue weighted by molar-refractivity contribution is 5.66. The van der Waals surface area contributed by atoms with Crippen molar-refractivity contribution in [2.24, 2.45) is 0 Å². The van der Waals surface area contributed by atoms with Gasteiger partial charge in [0.1, 0.15) is 5.82 Å². The van der Waals surface area contributed by atoms with Gasteiger partial charge >= 0.3 is 0 Å². The number of hydrogen-bond donors (Lipinski definition) is 0. The van der Waals surface area contributed by atoms with E-state index in [1.54, 1.807) is 4.52 Å². The van der Waals surface area contributed by atoms with Crippen molar-refractivity contribution in [2.75, 3.05) is 31.1 Å². The molecule has 0 unspecified atom stereocenters. The first-order valence-electron chi connectivity index (χ1n) is 9.51. The number of fused-ring (bicyclic) bond motifs is 1. The summed E-state index contributed by atoms with van der Waals surface area (Å²) in [5.41, 5.74) is 4.27. The Balaban J connectivity index is 1.36. The summed E-state index contributed by atoms with van der Waals surface area (Å²) in [5.74, 6) is 1.05. The number of hydrogen-bond acceptors (Lipinski definition) is 6. The number of pyridine rings is 2. The predicted molar refractivity (Wildman–Crippen MR) is 108 cm³/mol. The third kappa shape index (κ3) is 3.32. The van der Waals surface area contributed by atoms with Crippen LogP contribution in [0, 0.1) is 0 Å². The second kappa shape index (κ2) is 7.36. The number of anilines is 1. The molecule has 0 amide bonds. The van der Waals surface area contributed by atoms with Crippen molar-refractivity contribution in [1.29, 1.82) is 0 Å². The van der Waals surface area contributed by atoms with E-state index in [1.165, 1.54) is 5.56 Å². The molecule has 0 radical (unpaired) electrons. The molecule has 0 atom stereocenters. The van der Waals surface area contributed by atoms with E-state index < -0.39 is 0 Å². The molecular formula is C21H21N7. The number of tetrazole rings is 1. The maximum Gasteiger partial charge on any atom is 0.183 e. The van der Waals surface area contributed by atoms with Gasteiger partial charge in [0.25, 0.3) is 0 Å². The average molecular weight is 371 g/mol. The highest BCUT2D eigenvalue weighted by Crippen LogP contribution is 2.23.